The molecule has 0 unspecified atom stereocenters. The molecule has 4 rings (SSSR count). The van der Waals surface area contributed by atoms with Crippen molar-refractivity contribution in [3.05, 3.63) is 52.8 Å². The lowest BCUT2D eigenvalue weighted by Gasteiger charge is -2.20. The Labute approximate surface area is 169 Å². The molecule has 7 heteroatoms. The summed E-state index contributed by atoms with van der Waals surface area (Å²) in [5.74, 6) is 1.49. The number of carbonyl (C=O) groups is 1. The number of phenols is 1. The summed E-state index contributed by atoms with van der Waals surface area (Å²) in [5, 5.41) is 10.4. The Hall–Kier alpha value is -3.03. The van der Waals surface area contributed by atoms with Gasteiger partial charge in [0.1, 0.15) is 11.5 Å². The van der Waals surface area contributed by atoms with Gasteiger partial charge in [-0.3, -0.25) is 9.69 Å². The fourth-order valence-electron chi connectivity index (χ4n) is 3.59. The van der Waals surface area contributed by atoms with Gasteiger partial charge < -0.3 is 24.1 Å². The van der Waals surface area contributed by atoms with Gasteiger partial charge in [-0.25, -0.2) is 0 Å². The van der Waals surface area contributed by atoms with Gasteiger partial charge >= 0.3 is 0 Å². The van der Waals surface area contributed by atoms with E-state index in [0.717, 1.165) is 0 Å². The number of hydrogen-bond acceptors (Lipinski definition) is 7. The molecule has 0 amide bonds. The minimum atomic E-state index is -0.239. The van der Waals surface area contributed by atoms with Crippen LogP contribution in [0.1, 0.15) is 28.4 Å². The van der Waals surface area contributed by atoms with Gasteiger partial charge in [0.25, 0.3) is 0 Å². The molecule has 0 saturated carbocycles. The van der Waals surface area contributed by atoms with Gasteiger partial charge in [0.2, 0.25) is 5.78 Å². The van der Waals surface area contributed by atoms with E-state index in [1.807, 2.05) is 12.1 Å². The summed E-state index contributed by atoms with van der Waals surface area (Å²) in [7, 11) is 3.10. The minimum Gasteiger partial charge on any atom is -0.507 e. The molecule has 7 nitrogen and oxygen atoms in total. The number of fused-ring (bicyclic) bond motifs is 1. The molecule has 2 aromatic carbocycles. The Kier molecular flexibility index (Phi) is 5.17. The van der Waals surface area contributed by atoms with Crippen LogP contribution in [-0.4, -0.2) is 49.4 Å². The average molecular weight is 397 g/mol. The lowest BCUT2D eigenvalue weighted by molar-refractivity contribution is 0.101. The zero-order valence-electron chi connectivity index (χ0n) is 16.6. The van der Waals surface area contributed by atoms with Crippen molar-refractivity contribution in [1.29, 1.82) is 0 Å². The van der Waals surface area contributed by atoms with Crippen LogP contribution in [0.15, 0.2) is 36.1 Å². The highest BCUT2D eigenvalue weighted by molar-refractivity contribution is 6.15. The number of rotatable bonds is 5. The summed E-state index contributed by atoms with van der Waals surface area (Å²) >= 11 is 0. The summed E-state index contributed by atoms with van der Waals surface area (Å²) in [6.45, 7) is 3.59. The maximum absolute atomic E-state index is 12.9. The summed E-state index contributed by atoms with van der Waals surface area (Å²) < 4.78 is 22.2. The standard InChI is InChI=1S/C22H23NO6/c1-13-11-28-12-23(13)10-16-17(24)8-7-15-20(25)19(29-22(15)16)9-14-5-4-6-18(26-2)21(14)27-3/h4-9,13,24H,10-12H2,1-3H3/t13-/m1/s1. The Bertz CT molecular complexity index is 984. The lowest BCUT2D eigenvalue weighted by atomic mass is 10.0. The number of benzene rings is 2. The Balaban J connectivity index is 1.70. The fraction of sp³-hybridized carbons (Fsp3) is 0.318. The quantitative estimate of drug-likeness (QED) is 0.777. The van der Waals surface area contributed by atoms with E-state index in [4.69, 9.17) is 18.9 Å². The molecule has 2 heterocycles. The van der Waals surface area contributed by atoms with Gasteiger partial charge in [-0.05, 0) is 31.2 Å². The predicted molar refractivity (Wildman–Crippen MR) is 106 cm³/mol. The summed E-state index contributed by atoms with van der Waals surface area (Å²) in [4.78, 5) is 15.0. The van der Waals surface area contributed by atoms with Gasteiger partial charge in [-0.2, -0.15) is 0 Å². The molecule has 0 spiro atoms. The number of ether oxygens (including phenoxy) is 4. The number of allylic oxidation sites excluding steroid dienone is 1. The number of para-hydroxylation sites is 1. The molecule has 0 bridgehead atoms. The van der Waals surface area contributed by atoms with Crippen LogP contribution in [0, 0.1) is 0 Å². The van der Waals surface area contributed by atoms with Crippen molar-refractivity contribution in [1.82, 2.24) is 4.90 Å². The molecule has 29 heavy (non-hydrogen) atoms. The minimum absolute atomic E-state index is 0.0934. The van der Waals surface area contributed by atoms with Crippen molar-refractivity contribution in [3.8, 4) is 23.0 Å². The smallest absolute Gasteiger partial charge is 0.231 e. The van der Waals surface area contributed by atoms with E-state index in [1.54, 1.807) is 32.4 Å². The van der Waals surface area contributed by atoms with E-state index in [0.29, 0.717) is 53.8 Å². The highest BCUT2D eigenvalue weighted by Gasteiger charge is 2.33. The molecule has 1 saturated heterocycles. The number of phenolic OH excluding ortho intramolecular Hbond substituents is 1. The van der Waals surface area contributed by atoms with Crippen LogP contribution in [0.25, 0.3) is 6.08 Å². The third-order valence-electron chi connectivity index (χ3n) is 5.24. The summed E-state index contributed by atoms with van der Waals surface area (Å²) in [5.41, 5.74) is 1.67. The van der Waals surface area contributed by atoms with Crippen LogP contribution in [0.4, 0.5) is 0 Å². The maximum Gasteiger partial charge on any atom is 0.231 e. The van der Waals surface area contributed by atoms with E-state index in [9.17, 15) is 9.90 Å². The van der Waals surface area contributed by atoms with Crippen molar-refractivity contribution in [2.24, 2.45) is 0 Å². The topological polar surface area (TPSA) is 77.5 Å². The average Bonchev–Trinajstić information content (AvgIpc) is 3.27. The number of aromatic hydroxyl groups is 1. The molecule has 0 aromatic heterocycles. The van der Waals surface area contributed by atoms with Crippen molar-refractivity contribution in [2.75, 3.05) is 27.6 Å². The first-order valence-electron chi connectivity index (χ1n) is 9.35. The first-order valence-corrected chi connectivity index (χ1v) is 9.35. The second-order valence-corrected chi connectivity index (χ2v) is 7.06. The van der Waals surface area contributed by atoms with Gasteiger partial charge in [0.05, 0.1) is 38.7 Å². The van der Waals surface area contributed by atoms with Crippen molar-refractivity contribution >= 4 is 11.9 Å². The van der Waals surface area contributed by atoms with Gasteiger partial charge in [-0.15, -0.1) is 0 Å². The third-order valence-corrected chi connectivity index (χ3v) is 5.24. The molecule has 0 aliphatic carbocycles. The first kappa shape index (κ1) is 19.3. The molecule has 1 atom stereocenters. The van der Waals surface area contributed by atoms with Crippen LogP contribution in [0.3, 0.4) is 0 Å². The van der Waals surface area contributed by atoms with Crippen molar-refractivity contribution < 1.29 is 28.8 Å². The maximum atomic E-state index is 12.9. The SMILES string of the molecule is COc1cccc(C=C2Oc3c(ccc(O)c3CN3COC[C@H]3C)C2=O)c1OC. The number of hydrogen-bond donors (Lipinski definition) is 1. The lowest BCUT2D eigenvalue weighted by Crippen LogP contribution is -2.27. The van der Waals surface area contributed by atoms with Gasteiger partial charge in [0.15, 0.2) is 17.3 Å². The van der Waals surface area contributed by atoms with Crippen LogP contribution < -0.4 is 14.2 Å². The Morgan fingerprint density at radius 3 is 2.76 bits per heavy atom. The van der Waals surface area contributed by atoms with Crippen LogP contribution in [0.2, 0.25) is 0 Å². The highest BCUT2D eigenvalue weighted by atomic mass is 16.5. The number of carbonyl (C=O) groups excluding carboxylic acids is 1. The Morgan fingerprint density at radius 2 is 2.07 bits per heavy atom. The zero-order valence-corrected chi connectivity index (χ0v) is 16.6. The molecular weight excluding hydrogens is 374 g/mol. The predicted octanol–water partition coefficient (Wildman–Crippen LogP) is 3.20. The van der Waals surface area contributed by atoms with Gasteiger partial charge in [0, 0.05) is 18.2 Å². The molecule has 2 aliphatic heterocycles. The molecule has 152 valence electrons. The largest absolute Gasteiger partial charge is 0.507 e. The van der Waals surface area contributed by atoms with Gasteiger partial charge in [-0.1, -0.05) is 12.1 Å². The van der Waals surface area contributed by atoms with Crippen molar-refractivity contribution in [3.63, 3.8) is 0 Å². The normalized spacial score (nSPS) is 20.0. The van der Waals surface area contributed by atoms with Crippen LogP contribution >= 0.6 is 0 Å². The Morgan fingerprint density at radius 1 is 1.24 bits per heavy atom. The van der Waals surface area contributed by atoms with Crippen LogP contribution in [-0.2, 0) is 11.3 Å². The van der Waals surface area contributed by atoms with E-state index in [-0.39, 0.29) is 23.3 Å². The van der Waals surface area contributed by atoms with E-state index in [1.165, 1.54) is 6.07 Å². The molecule has 1 fully saturated rings. The molecule has 1 N–H and O–H groups in total. The second kappa shape index (κ2) is 7.77. The highest BCUT2D eigenvalue weighted by Crippen LogP contribution is 2.41. The molecule has 2 aromatic rings. The summed E-state index contributed by atoms with van der Waals surface area (Å²) in [6.07, 6.45) is 1.63. The molecule has 2 aliphatic rings. The van der Waals surface area contributed by atoms with E-state index >= 15 is 0 Å². The molecule has 0 radical (unpaired) electrons. The fourth-order valence-corrected chi connectivity index (χ4v) is 3.59. The zero-order chi connectivity index (χ0) is 20.5. The number of methoxy groups -OCH3 is 2. The van der Waals surface area contributed by atoms with E-state index in [2.05, 4.69) is 11.8 Å². The first-order chi connectivity index (χ1) is 14.0. The summed E-state index contributed by atoms with van der Waals surface area (Å²) in [6, 6.07) is 8.75. The second-order valence-electron chi connectivity index (χ2n) is 7.06. The van der Waals surface area contributed by atoms with Crippen LogP contribution in [0.5, 0.6) is 23.0 Å². The number of nitrogens with zero attached hydrogens (tertiary/aromatic N) is 1. The third kappa shape index (κ3) is 3.43. The monoisotopic (exact) mass is 397 g/mol. The molecular formula is C22H23NO6. The number of Topliss-reactive ketones (excluding diaryl/α,β-unsaturated/α-hetero) is 1. The number of ketones is 1. The van der Waals surface area contributed by atoms with E-state index < -0.39 is 0 Å². The van der Waals surface area contributed by atoms with Crippen molar-refractivity contribution in [2.45, 2.75) is 19.5 Å².